The number of hydrogen-bond donors (Lipinski definition) is 3. The van der Waals surface area contributed by atoms with Gasteiger partial charge in [0.2, 0.25) is 0 Å². The number of hydrogen-bond acceptors (Lipinski definition) is 3. The number of rotatable bonds is 4. The highest BCUT2D eigenvalue weighted by molar-refractivity contribution is 5.89. The smallest absolute Gasteiger partial charge is 0.328 e. The number of carbonyl (C=O) groups is 2. The van der Waals surface area contributed by atoms with Crippen LogP contribution < -0.4 is 5.32 Å². The van der Waals surface area contributed by atoms with E-state index in [0.29, 0.717) is 17.7 Å². The first-order chi connectivity index (χ1) is 9.39. The molecule has 2 bridgehead atoms. The zero-order chi connectivity index (χ0) is 15.2. The molecule has 2 heterocycles. The highest BCUT2D eigenvalue weighted by atomic mass is 16.4. The molecule has 3 atom stereocenters. The lowest BCUT2D eigenvalue weighted by molar-refractivity contribution is -0.134. The molecule has 0 spiro atoms. The number of nitrogens with one attached hydrogen (secondary N) is 1. The van der Waals surface area contributed by atoms with E-state index in [0.717, 1.165) is 12.0 Å². The summed E-state index contributed by atoms with van der Waals surface area (Å²) in [7, 11) is 0. The summed E-state index contributed by atoms with van der Waals surface area (Å²) in [5.74, 6) is -1.72. The van der Waals surface area contributed by atoms with Crippen molar-refractivity contribution in [2.24, 2.45) is 5.92 Å². The second kappa shape index (κ2) is 7.24. The first-order valence-electron chi connectivity index (χ1n) is 6.99. The minimum Gasteiger partial charge on any atom is -0.478 e. The zero-order valence-electron chi connectivity index (χ0n) is 12.0. The topological polar surface area (TPSA) is 86.6 Å². The normalized spacial score (nSPS) is 28.8. The molecule has 2 aliphatic rings. The molecule has 5 heteroatoms. The standard InChI is InChI=1S/C11H19N.C4H4O4/c1-3-9(2)11-7-4-5-10(12-11)6-8-11;5-3(6)1-2-4(7)8/h4,7,9-10,12H,3,5-6,8H2,1-2H3;1-2H,(H,5,6)(H,7,8). The lowest BCUT2D eigenvalue weighted by atomic mass is 9.81. The van der Waals surface area contributed by atoms with Gasteiger partial charge in [-0.05, 0) is 25.2 Å². The first-order valence-corrected chi connectivity index (χ1v) is 6.99. The van der Waals surface area contributed by atoms with Gasteiger partial charge >= 0.3 is 11.9 Å². The van der Waals surface area contributed by atoms with Crippen LogP contribution in [0.25, 0.3) is 0 Å². The third kappa shape index (κ3) is 4.49. The zero-order valence-corrected chi connectivity index (χ0v) is 12.0. The second-order valence-electron chi connectivity index (χ2n) is 5.38. The second-order valence-corrected chi connectivity index (χ2v) is 5.38. The van der Waals surface area contributed by atoms with Gasteiger partial charge in [0.05, 0.1) is 0 Å². The fraction of sp³-hybridized carbons (Fsp3) is 0.600. The fourth-order valence-electron chi connectivity index (χ4n) is 2.75. The average molecular weight is 281 g/mol. The molecular formula is C15H23NO4. The average Bonchev–Trinajstić information content (AvgIpc) is 2.72. The summed E-state index contributed by atoms with van der Waals surface area (Å²) in [6, 6.07) is 0.781. The largest absolute Gasteiger partial charge is 0.478 e. The quantitative estimate of drug-likeness (QED) is 0.543. The summed E-state index contributed by atoms with van der Waals surface area (Å²) < 4.78 is 0. The van der Waals surface area contributed by atoms with Crippen LogP contribution in [0.3, 0.4) is 0 Å². The lowest BCUT2D eigenvalue weighted by Gasteiger charge is -2.35. The Morgan fingerprint density at radius 3 is 2.50 bits per heavy atom. The molecular weight excluding hydrogens is 258 g/mol. The van der Waals surface area contributed by atoms with Crippen molar-refractivity contribution in [1.82, 2.24) is 5.32 Å². The molecule has 0 amide bonds. The van der Waals surface area contributed by atoms with Crippen molar-refractivity contribution in [3.05, 3.63) is 24.3 Å². The van der Waals surface area contributed by atoms with Gasteiger partial charge in [-0.15, -0.1) is 0 Å². The maximum atomic E-state index is 9.55. The molecule has 2 rings (SSSR count). The third-order valence-corrected chi connectivity index (χ3v) is 4.08. The molecule has 0 aromatic carbocycles. The highest BCUT2D eigenvalue weighted by Crippen LogP contribution is 2.37. The maximum absolute atomic E-state index is 9.55. The van der Waals surface area contributed by atoms with Gasteiger partial charge in [0.25, 0.3) is 0 Å². The molecule has 0 aromatic heterocycles. The summed E-state index contributed by atoms with van der Waals surface area (Å²) in [5, 5.41) is 19.4. The molecule has 1 fully saturated rings. The third-order valence-electron chi connectivity index (χ3n) is 4.08. The Morgan fingerprint density at radius 1 is 1.40 bits per heavy atom. The van der Waals surface area contributed by atoms with Gasteiger partial charge in [0.1, 0.15) is 0 Å². The van der Waals surface area contributed by atoms with E-state index in [2.05, 4.69) is 31.3 Å². The number of carboxylic acids is 2. The van der Waals surface area contributed by atoms with Crippen LogP contribution >= 0.6 is 0 Å². The van der Waals surface area contributed by atoms with Crippen LogP contribution in [0.5, 0.6) is 0 Å². The first kappa shape index (κ1) is 16.4. The van der Waals surface area contributed by atoms with Gasteiger partial charge in [0, 0.05) is 23.7 Å². The van der Waals surface area contributed by atoms with Gasteiger partial charge < -0.3 is 15.5 Å². The van der Waals surface area contributed by atoms with Crippen molar-refractivity contribution in [1.29, 1.82) is 0 Å². The molecule has 0 radical (unpaired) electrons. The van der Waals surface area contributed by atoms with Crippen LogP contribution in [0.1, 0.15) is 39.5 Å². The van der Waals surface area contributed by atoms with Gasteiger partial charge in [-0.25, -0.2) is 9.59 Å². The molecule has 112 valence electrons. The van der Waals surface area contributed by atoms with E-state index in [1.807, 2.05) is 0 Å². The predicted octanol–water partition coefficient (Wildman–Crippen LogP) is 2.19. The monoisotopic (exact) mass is 281 g/mol. The molecule has 3 N–H and O–H groups in total. The molecule has 20 heavy (non-hydrogen) atoms. The van der Waals surface area contributed by atoms with Crippen molar-refractivity contribution >= 4 is 11.9 Å². The van der Waals surface area contributed by atoms with Crippen LogP contribution in [0.4, 0.5) is 0 Å². The summed E-state index contributed by atoms with van der Waals surface area (Å²) in [4.78, 5) is 19.1. The van der Waals surface area contributed by atoms with E-state index in [-0.39, 0.29) is 0 Å². The summed E-state index contributed by atoms with van der Waals surface area (Å²) in [5.41, 5.74) is 0.373. The maximum Gasteiger partial charge on any atom is 0.328 e. The van der Waals surface area contributed by atoms with Gasteiger partial charge in [-0.2, -0.15) is 0 Å². The molecule has 0 saturated carbocycles. The van der Waals surface area contributed by atoms with Crippen LogP contribution in [0.15, 0.2) is 24.3 Å². The van der Waals surface area contributed by atoms with E-state index < -0.39 is 11.9 Å². The summed E-state index contributed by atoms with van der Waals surface area (Å²) in [6.45, 7) is 4.65. The Balaban J connectivity index is 0.000000221. The molecule has 3 unspecified atom stereocenters. The predicted molar refractivity (Wildman–Crippen MR) is 76.5 cm³/mol. The molecule has 1 saturated heterocycles. The fourth-order valence-corrected chi connectivity index (χ4v) is 2.75. The molecule has 0 aliphatic carbocycles. The van der Waals surface area contributed by atoms with Gasteiger partial charge in [-0.1, -0.05) is 32.4 Å². The summed E-state index contributed by atoms with van der Waals surface area (Å²) >= 11 is 0. The number of fused-ring (bicyclic) bond motifs is 2. The minimum atomic E-state index is -1.26. The Morgan fingerprint density at radius 2 is 2.00 bits per heavy atom. The molecule has 2 aliphatic heterocycles. The van der Waals surface area contributed by atoms with E-state index in [4.69, 9.17) is 10.2 Å². The van der Waals surface area contributed by atoms with Crippen LogP contribution in [-0.2, 0) is 9.59 Å². The van der Waals surface area contributed by atoms with E-state index in [1.165, 1.54) is 25.7 Å². The van der Waals surface area contributed by atoms with Crippen LogP contribution in [0.2, 0.25) is 0 Å². The van der Waals surface area contributed by atoms with E-state index >= 15 is 0 Å². The van der Waals surface area contributed by atoms with Crippen molar-refractivity contribution in [3.8, 4) is 0 Å². The van der Waals surface area contributed by atoms with Crippen molar-refractivity contribution in [2.45, 2.75) is 51.1 Å². The lowest BCUT2D eigenvalue weighted by Crippen LogP contribution is -2.48. The Hall–Kier alpha value is -1.62. The Labute approximate surface area is 119 Å². The number of aliphatic carboxylic acids is 2. The molecule has 5 nitrogen and oxygen atoms in total. The Kier molecular flexibility index (Phi) is 5.95. The van der Waals surface area contributed by atoms with E-state index in [1.54, 1.807) is 0 Å². The summed E-state index contributed by atoms with van der Waals surface area (Å²) in [6.07, 6.45) is 11.2. The minimum absolute atomic E-state index is 0.373. The van der Waals surface area contributed by atoms with Crippen molar-refractivity contribution in [3.63, 3.8) is 0 Å². The van der Waals surface area contributed by atoms with Crippen LogP contribution in [0, 0.1) is 5.92 Å². The Bertz CT molecular complexity index is 400. The molecule has 0 aromatic rings. The van der Waals surface area contributed by atoms with Crippen molar-refractivity contribution < 1.29 is 19.8 Å². The van der Waals surface area contributed by atoms with E-state index in [9.17, 15) is 9.59 Å². The van der Waals surface area contributed by atoms with Crippen molar-refractivity contribution in [2.75, 3.05) is 0 Å². The van der Waals surface area contributed by atoms with Gasteiger partial charge in [0.15, 0.2) is 0 Å². The van der Waals surface area contributed by atoms with Gasteiger partial charge in [-0.3, -0.25) is 0 Å². The SMILES string of the molecule is CCC(C)C12C=CCC(CC1)N2.O=C(O)C=CC(=O)O. The highest BCUT2D eigenvalue weighted by Gasteiger charge is 2.41. The van der Waals surface area contributed by atoms with Crippen LogP contribution in [-0.4, -0.2) is 33.7 Å². The number of carboxylic acid groups (broad SMARTS) is 2.